The maximum atomic E-state index is 13.7. The summed E-state index contributed by atoms with van der Waals surface area (Å²) in [6, 6.07) is 6.57. The second-order valence-corrected chi connectivity index (χ2v) is 19.4. The number of rotatable bonds is 21. The highest BCUT2D eigenvalue weighted by atomic mass is 35.5. The van der Waals surface area contributed by atoms with E-state index in [2.05, 4.69) is 70.9 Å². The number of carbonyl (C=O) groups is 6. The Kier molecular flexibility index (Phi) is 33.6. The summed E-state index contributed by atoms with van der Waals surface area (Å²) in [5, 5.41) is 9.42. The lowest BCUT2D eigenvalue weighted by Gasteiger charge is -2.28. The molecule has 0 bridgehead atoms. The zero-order valence-corrected chi connectivity index (χ0v) is 45.2. The van der Waals surface area contributed by atoms with Crippen LogP contribution in [-0.2, 0) is 14.4 Å². The van der Waals surface area contributed by atoms with E-state index in [-0.39, 0.29) is 36.4 Å². The number of aromatic amines is 1. The minimum absolute atomic E-state index is 0.0121. The van der Waals surface area contributed by atoms with E-state index in [0.717, 1.165) is 48.1 Å². The molecule has 4 rings (SSSR count). The fourth-order valence-electron chi connectivity index (χ4n) is 7.32. The molecule has 13 heteroatoms. The maximum Gasteiger partial charge on any atom is 0.261 e. The molecule has 0 spiro atoms. The molecule has 1 aliphatic rings. The second-order valence-electron chi connectivity index (χ2n) is 18.5. The van der Waals surface area contributed by atoms with Crippen molar-refractivity contribution in [2.75, 3.05) is 0 Å². The number of nitrogens with zero attached hydrogens (tertiary/aromatic N) is 2. The molecule has 1 fully saturated rings. The van der Waals surface area contributed by atoms with Crippen LogP contribution < -0.4 is 5.32 Å². The van der Waals surface area contributed by atoms with E-state index in [1.165, 1.54) is 70.3 Å². The molecule has 2 heterocycles. The first kappa shape index (κ1) is 63.8. The third-order valence-corrected chi connectivity index (χ3v) is 12.8. The molecule has 3 aromatic rings. The minimum Gasteiger partial charge on any atom is -0.295 e. The molecule has 0 radical (unpaired) electrons. The number of carbonyl (C=O) groups excluding carboxylic acids is 6. The van der Waals surface area contributed by atoms with Gasteiger partial charge in [0.05, 0.1) is 21.8 Å². The molecule has 0 saturated carbocycles. The first-order chi connectivity index (χ1) is 32.2. The summed E-state index contributed by atoms with van der Waals surface area (Å²) < 4.78 is 13.7. The highest BCUT2D eigenvalue weighted by Crippen LogP contribution is 2.26. The third kappa shape index (κ3) is 24.4. The van der Waals surface area contributed by atoms with E-state index in [1.54, 1.807) is 38.2 Å². The van der Waals surface area contributed by atoms with Crippen LogP contribution in [0.25, 0.3) is 0 Å². The number of ketones is 2. The number of amides is 4. The Labute approximate surface area is 419 Å². The van der Waals surface area contributed by atoms with Gasteiger partial charge in [-0.3, -0.25) is 44.1 Å². The molecular formula is C55H85Cl2FN4O6. The van der Waals surface area contributed by atoms with E-state index >= 15 is 0 Å². The Morgan fingerprint density at radius 3 is 1.66 bits per heavy atom. The van der Waals surface area contributed by atoms with Gasteiger partial charge in [0.15, 0.2) is 11.6 Å². The molecule has 68 heavy (non-hydrogen) atoms. The van der Waals surface area contributed by atoms with Gasteiger partial charge < -0.3 is 0 Å². The average Bonchev–Trinajstić information content (AvgIpc) is 3.73. The second kappa shape index (κ2) is 35.8. The molecule has 5 unspecified atom stereocenters. The number of piperidine rings is 1. The van der Waals surface area contributed by atoms with Crippen molar-refractivity contribution in [1.82, 2.24) is 20.4 Å². The highest BCUT2D eigenvalue weighted by molar-refractivity contribution is 6.39. The number of hydrogen-bond acceptors (Lipinski definition) is 7. The van der Waals surface area contributed by atoms with Crippen LogP contribution in [0.5, 0.6) is 0 Å². The monoisotopic (exact) mass is 987 g/mol. The number of nitrogens with one attached hydrogen (secondary N) is 2. The number of halogens is 3. The van der Waals surface area contributed by atoms with Crippen LogP contribution in [0.2, 0.25) is 10.0 Å². The topological polar surface area (TPSA) is 146 Å². The molecule has 5 atom stereocenters. The number of Topliss-reactive ketones (excluding diaryl/α,β-unsaturated/α-hetero) is 2. The zero-order valence-electron chi connectivity index (χ0n) is 43.7. The van der Waals surface area contributed by atoms with Gasteiger partial charge in [-0.1, -0.05) is 169 Å². The Morgan fingerprint density at radius 1 is 0.735 bits per heavy atom. The van der Waals surface area contributed by atoms with Crippen molar-refractivity contribution in [3.63, 3.8) is 0 Å². The van der Waals surface area contributed by atoms with Crippen molar-refractivity contribution < 1.29 is 33.2 Å². The Morgan fingerprint density at radius 2 is 1.24 bits per heavy atom. The van der Waals surface area contributed by atoms with Crippen molar-refractivity contribution in [3.05, 3.63) is 85.9 Å². The van der Waals surface area contributed by atoms with Crippen molar-refractivity contribution in [1.29, 1.82) is 0 Å². The van der Waals surface area contributed by atoms with E-state index in [0.29, 0.717) is 50.2 Å². The van der Waals surface area contributed by atoms with Crippen LogP contribution in [-0.4, -0.2) is 56.8 Å². The Balaban J connectivity index is 0.000000858. The van der Waals surface area contributed by atoms with Crippen LogP contribution in [0.3, 0.4) is 0 Å². The van der Waals surface area contributed by atoms with Gasteiger partial charge in [0.25, 0.3) is 5.91 Å². The smallest absolute Gasteiger partial charge is 0.261 e. The van der Waals surface area contributed by atoms with Crippen molar-refractivity contribution >= 4 is 58.9 Å². The molecule has 4 amide bonds. The van der Waals surface area contributed by atoms with Crippen molar-refractivity contribution in [2.45, 2.75) is 199 Å². The van der Waals surface area contributed by atoms with Gasteiger partial charge in [-0.2, -0.15) is 5.10 Å². The molecule has 0 aliphatic carbocycles. The molecule has 382 valence electrons. The molecule has 1 aliphatic heterocycles. The van der Waals surface area contributed by atoms with E-state index in [9.17, 15) is 33.2 Å². The van der Waals surface area contributed by atoms with Crippen LogP contribution >= 0.6 is 23.2 Å². The molecule has 2 aromatic carbocycles. The molecule has 1 aromatic heterocycles. The summed E-state index contributed by atoms with van der Waals surface area (Å²) >= 11 is 11.7. The number of H-pyrrole nitrogens is 1. The summed E-state index contributed by atoms with van der Waals surface area (Å²) in [7, 11) is 0. The fourth-order valence-corrected chi connectivity index (χ4v) is 7.93. The molecule has 1 saturated heterocycles. The summed E-state index contributed by atoms with van der Waals surface area (Å²) in [5.74, 6) is 1.47. The summed E-state index contributed by atoms with van der Waals surface area (Å²) in [6.07, 6.45) is 18.7. The minimum atomic E-state index is -1.06. The lowest BCUT2D eigenvalue weighted by atomic mass is 9.94. The average molecular weight is 988 g/mol. The lowest BCUT2D eigenvalue weighted by molar-refractivity contribution is -0.139. The molecule has 10 nitrogen and oxygen atoms in total. The maximum absolute atomic E-state index is 13.7. The van der Waals surface area contributed by atoms with Crippen molar-refractivity contribution in [2.24, 2.45) is 23.7 Å². The number of hydrogen-bond donors (Lipinski definition) is 2. The number of benzene rings is 2. The van der Waals surface area contributed by atoms with Crippen LogP contribution in [0.1, 0.15) is 220 Å². The molecular weight excluding hydrogens is 903 g/mol. The van der Waals surface area contributed by atoms with Crippen LogP contribution in [0.4, 0.5) is 4.39 Å². The quantitative estimate of drug-likeness (QED) is 0.0614. The van der Waals surface area contributed by atoms with Gasteiger partial charge in [-0.15, -0.1) is 0 Å². The van der Waals surface area contributed by atoms with Gasteiger partial charge in [0, 0.05) is 24.8 Å². The van der Waals surface area contributed by atoms with E-state index in [4.69, 9.17) is 23.2 Å². The van der Waals surface area contributed by atoms with Crippen molar-refractivity contribution in [3.8, 4) is 0 Å². The first-order valence-electron chi connectivity index (χ1n) is 25.1. The third-order valence-electron chi connectivity index (χ3n) is 12.2. The van der Waals surface area contributed by atoms with E-state index < -0.39 is 29.6 Å². The summed E-state index contributed by atoms with van der Waals surface area (Å²) in [5.41, 5.74) is 2.94. The van der Waals surface area contributed by atoms with Gasteiger partial charge in [-0.05, 0) is 98.6 Å². The lowest BCUT2D eigenvalue weighted by Crippen LogP contribution is -2.53. The Hall–Kier alpha value is -4.22. The predicted molar refractivity (Wildman–Crippen MR) is 278 cm³/mol. The summed E-state index contributed by atoms with van der Waals surface area (Å²) in [4.78, 5) is 70.1. The largest absolute Gasteiger partial charge is 0.295 e. The van der Waals surface area contributed by atoms with E-state index in [1.807, 2.05) is 20.8 Å². The predicted octanol–water partition coefficient (Wildman–Crippen LogP) is 15.0. The SMILES string of the molecule is CCCC(=O)c1[nH]ncc1C.CCCC(=O)c1c(Cl)cccc1Cl.CCCC(C)CCC(C)CC.CCCC(C)CCC(C)CC.Cc1cc(C)c(C(=O)N(C=O)C2CCC(=O)NC2=O)cc1F. The standard InChI is InChI=1S/C15H15FN2O4.2C11H24.C10H10Cl2O.C8H12N2O/c1-8-5-9(2)11(16)6-10(8)15(22)18(7-19)12-3-4-13(20)17-14(12)21;2*1-5-7-11(4)9-8-10(3)6-2;1-2-4-9(13)10-7(11)5-3-6-8(10)12;1-3-4-7(11)8-6(2)5-9-10-8/h5-7,12H,3-4H2,1-2H3,(H,17,20,21);2*10-11H,5-9H2,1-4H3;3,5-6H,2,4H2,1H3;5H,3-4H2,1-2H3,(H,9,10). The van der Waals surface area contributed by atoms with Crippen LogP contribution in [0, 0.1) is 50.3 Å². The zero-order chi connectivity index (χ0) is 51.9. The normalized spacial score (nSPS) is 14.6. The number of aromatic nitrogens is 2. The van der Waals surface area contributed by atoms with Gasteiger partial charge >= 0.3 is 0 Å². The number of imide groups is 2. The van der Waals surface area contributed by atoms with Crippen LogP contribution in [0.15, 0.2) is 36.5 Å². The fraction of sp³-hybridized carbons (Fsp3) is 0.618. The van der Waals surface area contributed by atoms with Gasteiger partial charge in [0.1, 0.15) is 17.6 Å². The van der Waals surface area contributed by atoms with Gasteiger partial charge in [-0.25, -0.2) is 4.39 Å². The first-order valence-corrected chi connectivity index (χ1v) is 25.8. The number of aryl methyl sites for hydroxylation is 3. The highest BCUT2D eigenvalue weighted by Gasteiger charge is 2.35. The summed E-state index contributed by atoms with van der Waals surface area (Å²) in [6.45, 7) is 27.6. The van der Waals surface area contributed by atoms with Gasteiger partial charge in [0.2, 0.25) is 18.2 Å². The Bertz CT molecular complexity index is 1940. The molecule has 2 N–H and O–H groups in total.